The third-order valence-electron chi connectivity index (χ3n) is 11.8. The lowest BCUT2D eigenvalue weighted by Crippen LogP contribution is -2.45. The van der Waals surface area contributed by atoms with E-state index in [2.05, 4.69) is 0 Å². The number of nitrogens with zero attached hydrogens (tertiary/aromatic N) is 4. The van der Waals surface area contributed by atoms with Gasteiger partial charge >= 0.3 is 0 Å². The summed E-state index contributed by atoms with van der Waals surface area (Å²) in [6.45, 7) is 6.34. The number of carbonyl (C=O) groups is 4. The molecular formula is C43H51FN4O6. The molecule has 10 nitrogen and oxygen atoms in total. The molecule has 3 fully saturated rings. The molecule has 4 atom stereocenters. The summed E-state index contributed by atoms with van der Waals surface area (Å²) in [6, 6.07) is 22.7. The number of ether oxygens (including phenoxy) is 1. The molecule has 4 amide bonds. The third-order valence-corrected chi connectivity index (χ3v) is 11.8. The van der Waals surface area contributed by atoms with Crippen LogP contribution in [-0.4, -0.2) is 71.6 Å². The highest BCUT2D eigenvalue weighted by atomic mass is 19.1. The zero-order valence-corrected chi connectivity index (χ0v) is 31.5. The summed E-state index contributed by atoms with van der Waals surface area (Å²) >= 11 is 0. The van der Waals surface area contributed by atoms with Crippen LogP contribution in [0.15, 0.2) is 72.8 Å². The van der Waals surface area contributed by atoms with Crippen LogP contribution < -0.4 is 14.7 Å². The van der Waals surface area contributed by atoms with Crippen LogP contribution in [0.25, 0.3) is 0 Å². The van der Waals surface area contributed by atoms with Gasteiger partial charge in [0, 0.05) is 67.8 Å². The second-order valence-electron chi connectivity index (χ2n) is 15.8. The first-order chi connectivity index (χ1) is 25.9. The average Bonchev–Trinajstić information content (AvgIpc) is 3.58. The molecule has 54 heavy (non-hydrogen) atoms. The fourth-order valence-electron chi connectivity index (χ4n) is 9.20. The van der Waals surface area contributed by atoms with Gasteiger partial charge in [-0.15, -0.1) is 0 Å². The van der Waals surface area contributed by atoms with Crippen LogP contribution in [0.5, 0.6) is 0 Å². The second-order valence-corrected chi connectivity index (χ2v) is 15.8. The van der Waals surface area contributed by atoms with Crippen LogP contribution >= 0.6 is 0 Å². The highest BCUT2D eigenvalue weighted by Crippen LogP contribution is 2.59. The van der Waals surface area contributed by atoms with Crippen LogP contribution in [-0.2, 0) is 42.6 Å². The van der Waals surface area contributed by atoms with Crippen molar-refractivity contribution in [1.29, 1.82) is 0 Å². The molecule has 0 radical (unpaired) electrons. The zero-order chi connectivity index (χ0) is 38.2. The molecule has 0 bridgehead atoms. The van der Waals surface area contributed by atoms with Gasteiger partial charge < -0.3 is 29.4 Å². The first-order valence-corrected chi connectivity index (χ1v) is 19.4. The summed E-state index contributed by atoms with van der Waals surface area (Å²) in [6.07, 6.45) is 3.36. The lowest BCUT2D eigenvalue weighted by molar-refractivity contribution is -0.150. The van der Waals surface area contributed by atoms with Crippen molar-refractivity contribution in [2.45, 2.75) is 96.2 Å². The number of hydrogen-bond acceptors (Lipinski definition) is 6. The number of benzene rings is 3. The van der Waals surface area contributed by atoms with Crippen LogP contribution in [0.1, 0.15) is 82.4 Å². The summed E-state index contributed by atoms with van der Waals surface area (Å²) in [5, 5.41) is 9.87. The fourth-order valence-corrected chi connectivity index (χ4v) is 9.20. The van der Waals surface area contributed by atoms with Gasteiger partial charge in [0.2, 0.25) is 17.7 Å². The Morgan fingerprint density at radius 1 is 0.889 bits per heavy atom. The van der Waals surface area contributed by atoms with Gasteiger partial charge in [-0.05, 0) is 81.0 Å². The van der Waals surface area contributed by atoms with E-state index < -0.39 is 29.2 Å². The molecule has 0 saturated carbocycles. The number of alkyl halides is 1. The largest absolute Gasteiger partial charge is 0.395 e. The Hall–Kier alpha value is -4.61. The first kappa shape index (κ1) is 37.7. The van der Waals surface area contributed by atoms with Crippen molar-refractivity contribution in [1.82, 2.24) is 4.90 Å². The van der Waals surface area contributed by atoms with Crippen LogP contribution in [0.4, 0.5) is 21.5 Å². The van der Waals surface area contributed by atoms with E-state index in [4.69, 9.17) is 4.74 Å². The molecule has 286 valence electrons. The number of piperidine rings is 2. The first-order valence-electron chi connectivity index (χ1n) is 19.4. The lowest BCUT2D eigenvalue weighted by atomic mass is 9.71. The van der Waals surface area contributed by atoms with Crippen molar-refractivity contribution in [3.63, 3.8) is 0 Å². The molecule has 4 aliphatic heterocycles. The highest BCUT2D eigenvalue weighted by molar-refractivity contribution is 6.08. The topological polar surface area (TPSA) is 111 Å². The number of carbonyl (C=O) groups excluding carboxylic acids is 4. The molecule has 1 N–H and O–H groups in total. The molecule has 7 rings (SSSR count). The van der Waals surface area contributed by atoms with Gasteiger partial charge in [-0.3, -0.25) is 19.2 Å². The standard InChI is InChI=1S/C43H51FN4O6/c1-29-40(42(2,3)44)36(26-39(52)45(23-24-49)27-30-11-5-4-6-12-30)54-43(29)34-25-33(47-22-10-8-14-38(47)51)19-20-35(34)48(41(43)53)28-31-15-17-32(18-16-31)46-21-9-7-13-37(46)50/h4-6,11-12,15-20,25,29,36,40,49H,7-10,13-14,21-24,26-28H2,1-3H3/t29-,36+,40-,43+/m0/s1. The van der Waals surface area contributed by atoms with Gasteiger partial charge in [0.15, 0.2) is 5.60 Å². The van der Waals surface area contributed by atoms with Crippen molar-refractivity contribution in [3.8, 4) is 0 Å². The SMILES string of the molecule is C[C@H]1[C@H](C(C)(C)F)[C@@H](CC(=O)N(CCO)Cc2ccccc2)O[C@]12C(=O)N(Cc1ccc(N3CCCCC3=O)cc1)c1ccc(N3CCCCC3=O)cc12. The predicted molar refractivity (Wildman–Crippen MR) is 204 cm³/mol. The third kappa shape index (κ3) is 7.04. The summed E-state index contributed by atoms with van der Waals surface area (Å²) < 4.78 is 23.4. The normalized spacial score (nSPS) is 24.4. The highest BCUT2D eigenvalue weighted by Gasteiger charge is 2.66. The molecule has 3 aromatic rings. The molecule has 0 unspecified atom stereocenters. The fraction of sp³-hybridized carbons (Fsp3) is 0.488. The van der Waals surface area contributed by atoms with E-state index >= 15 is 9.18 Å². The quantitative estimate of drug-likeness (QED) is 0.248. The van der Waals surface area contributed by atoms with E-state index in [9.17, 15) is 19.5 Å². The average molecular weight is 739 g/mol. The number of halogens is 1. The Morgan fingerprint density at radius 2 is 1.52 bits per heavy atom. The monoisotopic (exact) mass is 738 g/mol. The predicted octanol–water partition coefficient (Wildman–Crippen LogP) is 6.27. The number of amides is 4. The molecule has 0 aliphatic carbocycles. The lowest BCUT2D eigenvalue weighted by Gasteiger charge is -2.33. The van der Waals surface area contributed by atoms with Crippen molar-refractivity contribution in [3.05, 3.63) is 89.5 Å². The molecular weight excluding hydrogens is 687 g/mol. The van der Waals surface area contributed by atoms with Gasteiger partial charge in [-0.25, -0.2) is 4.39 Å². The van der Waals surface area contributed by atoms with Crippen LogP contribution in [0, 0.1) is 11.8 Å². The van der Waals surface area contributed by atoms with E-state index in [-0.39, 0.29) is 56.3 Å². The van der Waals surface area contributed by atoms with Gasteiger partial charge in [0.1, 0.15) is 5.67 Å². The number of aliphatic hydroxyl groups excluding tert-OH is 1. The number of fused-ring (bicyclic) bond motifs is 2. The summed E-state index contributed by atoms with van der Waals surface area (Å²) in [5.74, 6) is -2.06. The second kappa shape index (κ2) is 15.3. The van der Waals surface area contributed by atoms with E-state index in [1.54, 1.807) is 19.6 Å². The maximum atomic E-state index is 16.5. The van der Waals surface area contributed by atoms with E-state index in [0.29, 0.717) is 42.9 Å². The summed E-state index contributed by atoms with van der Waals surface area (Å²) in [5.41, 5.74) is 0.942. The Bertz CT molecular complexity index is 1880. The van der Waals surface area contributed by atoms with Gasteiger partial charge in [0.05, 0.1) is 31.4 Å². The van der Waals surface area contributed by atoms with Gasteiger partial charge in [0.25, 0.3) is 5.91 Å². The van der Waals surface area contributed by atoms with E-state index in [1.807, 2.05) is 79.7 Å². The van der Waals surface area contributed by atoms with Crippen molar-refractivity contribution >= 4 is 40.7 Å². The van der Waals surface area contributed by atoms with E-state index in [0.717, 1.165) is 42.5 Å². The molecule has 4 heterocycles. The zero-order valence-electron chi connectivity index (χ0n) is 31.5. The van der Waals surface area contributed by atoms with Gasteiger partial charge in [-0.2, -0.15) is 0 Å². The van der Waals surface area contributed by atoms with Gasteiger partial charge in [-0.1, -0.05) is 49.4 Å². The molecule has 4 aliphatic rings. The Labute approximate surface area is 316 Å². The van der Waals surface area contributed by atoms with Crippen molar-refractivity contribution in [2.24, 2.45) is 11.8 Å². The smallest absolute Gasteiger partial charge is 0.264 e. The molecule has 0 aromatic heterocycles. The van der Waals surface area contributed by atoms with E-state index in [1.165, 1.54) is 13.8 Å². The van der Waals surface area contributed by atoms with Crippen LogP contribution in [0.3, 0.4) is 0 Å². The number of anilines is 3. The minimum Gasteiger partial charge on any atom is -0.395 e. The number of hydrogen-bond donors (Lipinski definition) is 1. The molecule has 3 saturated heterocycles. The summed E-state index contributed by atoms with van der Waals surface area (Å²) in [7, 11) is 0. The number of rotatable bonds is 11. The Morgan fingerprint density at radius 3 is 2.13 bits per heavy atom. The van der Waals surface area contributed by atoms with Crippen molar-refractivity contribution in [2.75, 3.05) is 40.9 Å². The van der Waals surface area contributed by atoms with Crippen molar-refractivity contribution < 1.29 is 33.4 Å². The molecule has 11 heteroatoms. The number of aliphatic hydroxyl groups is 1. The maximum Gasteiger partial charge on any atom is 0.264 e. The molecule has 1 spiro atoms. The minimum atomic E-state index is -1.83. The summed E-state index contributed by atoms with van der Waals surface area (Å²) in [4.78, 5) is 61.6. The maximum absolute atomic E-state index is 16.5. The van der Waals surface area contributed by atoms with Crippen LogP contribution in [0.2, 0.25) is 0 Å². The molecule has 3 aromatic carbocycles. The Balaban J connectivity index is 1.24. The minimum absolute atomic E-state index is 0.0118. The Kier molecular flexibility index (Phi) is 10.7.